The Morgan fingerprint density at radius 1 is 0.405 bits per heavy atom. The van der Waals surface area contributed by atoms with E-state index in [9.17, 15) is 0 Å². The average molecular weight is 1000 g/mol. The third-order valence-electron chi connectivity index (χ3n) is 17.6. The molecule has 9 aromatic carbocycles. The number of para-hydroxylation sites is 1. The first kappa shape index (κ1) is 44.6. The summed E-state index contributed by atoms with van der Waals surface area (Å²) in [6.45, 7) is 0. The first-order chi connectivity index (χ1) is 36.6. The van der Waals surface area contributed by atoms with Gasteiger partial charge in [0.05, 0.1) is 16.7 Å². The molecule has 0 N–H and O–H groups in total. The SMILES string of the molecule is Fc1ccc(-c2c(C3CCCCC3)c(-n3c4ccccc4c4ccc5sc6ccccc6c5c43)c(C3CCCCC3)c(-c3ccc(F)cc3)c2C2CCc3c(ccc4sc5ccccc5c34)-c3ccccc32)cc1. The molecule has 0 bridgehead atoms. The summed E-state index contributed by atoms with van der Waals surface area (Å²) >= 11 is 3.78. The molecule has 12 aromatic rings. The fourth-order valence-electron chi connectivity index (χ4n) is 14.5. The Kier molecular flexibility index (Phi) is 10.8. The van der Waals surface area contributed by atoms with Gasteiger partial charge in [-0.3, -0.25) is 0 Å². The molecule has 15 rings (SSSR count). The Bertz CT molecular complexity index is 4090. The predicted octanol–water partition coefficient (Wildman–Crippen LogP) is 21.0. The van der Waals surface area contributed by atoms with E-state index < -0.39 is 0 Å². The van der Waals surface area contributed by atoms with Gasteiger partial charge in [-0.05, 0) is 166 Å². The number of fused-ring (bicyclic) bond motifs is 14. The zero-order chi connectivity index (χ0) is 49.0. The molecule has 1 atom stereocenters. The van der Waals surface area contributed by atoms with Gasteiger partial charge in [0.2, 0.25) is 0 Å². The Hall–Kier alpha value is -6.92. The molecule has 2 saturated carbocycles. The van der Waals surface area contributed by atoms with Crippen molar-refractivity contribution in [2.75, 3.05) is 0 Å². The van der Waals surface area contributed by atoms with Crippen molar-refractivity contribution in [3.63, 3.8) is 0 Å². The van der Waals surface area contributed by atoms with Crippen molar-refractivity contribution in [2.24, 2.45) is 0 Å². The van der Waals surface area contributed by atoms with Gasteiger partial charge in [0.15, 0.2) is 0 Å². The second-order valence-corrected chi connectivity index (χ2v) is 23.7. The second kappa shape index (κ2) is 17.9. The number of hydrogen-bond acceptors (Lipinski definition) is 2. The van der Waals surface area contributed by atoms with E-state index in [1.807, 2.05) is 22.7 Å². The highest BCUT2D eigenvalue weighted by Gasteiger charge is 2.39. The lowest BCUT2D eigenvalue weighted by molar-refractivity contribution is 0.434. The van der Waals surface area contributed by atoms with Crippen LogP contribution in [0.1, 0.15) is 116 Å². The Morgan fingerprint density at radius 3 is 1.57 bits per heavy atom. The van der Waals surface area contributed by atoms with E-state index in [4.69, 9.17) is 0 Å². The number of aromatic nitrogens is 1. The van der Waals surface area contributed by atoms with E-state index in [0.29, 0.717) is 0 Å². The molecule has 74 heavy (non-hydrogen) atoms. The molecule has 0 amide bonds. The summed E-state index contributed by atoms with van der Waals surface area (Å²) in [7, 11) is 0. The minimum Gasteiger partial charge on any atom is -0.308 e. The number of thiophene rings is 2. The van der Waals surface area contributed by atoms with Crippen LogP contribution in [0.3, 0.4) is 0 Å². The third kappa shape index (κ3) is 6.95. The number of halogens is 2. The maximum absolute atomic E-state index is 15.7. The van der Waals surface area contributed by atoms with Gasteiger partial charge in [-0.2, -0.15) is 0 Å². The summed E-state index contributed by atoms with van der Waals surface area (Å²) < 4.78 is 39.3. The highest BCUT2D eigenvalue weighted by molar-refractivity contribution is 7.26. The lowest BCUT2D eigenvalue weighted by Crippen LogP contribution is -2.21. The molecule has 3 aliphatic rings. The van der Waals surface area contributed by atoms with Crippen molar-refractivity contribution < 1.29 is 8.78 Å². The van der Waals surface area contributed by atoms with Gasteiger partial charge in [-0.25, -0.2) is 8.78 Å². The quantitative estimate of drug-likeness (QED) is 0.156. The number of hydrogen-bond donors (Lipinski definition) is 0. The van der Waals surface area contributed by atoms with Gasteiger partial charge in [0.25, 0.3) is 0 Å². The summed E-state index contributed by atoms with van der Waals surface area (Å²) in [6, 6.07) is 60.9. The number of nitrogens with zero attached hydrogens (tertiary/aromatic N) is 1. The van der Waals surface area contributed by atoms with Crippen LogP contribution in [0, 0.1) is 11.6 Å². The molecule has 5 heteroatoms. The smallest absolute Gasteiger partial charge is 0.123 e. The molecule has 3 aliphatic carbocycles. The van der Waals surface area contributed by atoms with Crippen LogP contribution in [0.2, 0.25) is 0 Å². The van der Waals surface area contributed by atoms with Crippen LogP contribution in [0.5, 0.6) is 0 Å². The summed E-state index contributed by atoms with van der Waals surface area (Å²) in [5.74, 6) is 0.00844. The van der Waals surface area contributed by atoms with Crippen LogP contribution in [0.15, 0.2) is 170 Å². The summed E-state index contributed by atoms with van der Waals surface area (Å²) in [4.78, 5) is 0. The molecule has 2 fully saturated rings. The van der Waals surface area contributed by atoms with Gasteiger partial charge >= 0.3 is 0 Å². The minimum atomic E-state index is -0.233. The molecule has 0 aliphatic heterocycles. The number of aryl methyl sites for hydroxylation is 1. The van der Waals surface area contributed by atoms with Gasteiger partial charge in [0.1, 0.15) is 11.6 Å². The van der Waals surface area contributed by atoms with E-state index in [-0.39, 0.29) is 29.4 Å². The Morgan fingerprint density at radius 2 is 0.932 bits per heavy atom. The molecule has 362 valence electrons. The zero-order valence-corrected chi connectivity index (χ0v) is 43.0. The summed E-state index contributed by atoms with van der Waals surface area (Å²) in [5, 5.41) is 7.83. The molecule has 1 unspecified atom stereocenters. The highest BCUT2D eigenvalue weighted by atomic mass is 32.1. The monoisotopic (exact) mass is 999 g/mol. The van der Waals surface area contributed by atoms with Crippen molar-refractivity contribution in [1.29, 1.82) is 0 Å². The van der Waals surface area contributed by atoms with Crippen molar-refractivity contribution in [3.05, 3.63) is 209 Å². The van der Waals surface area contributed by atoms with Crippen molar-refractivity contribution in [3.8, 4) is 39.1 Å². The van der Waals surface area contributed by atoms with Crippen molar-refractivity contribution in [2.45, 2.75) is 94.8 Å². The maximum Gasteiger partial charge on any atom is 0.123 e. The molecule has 1 nitrogen and oxygen atoms in total. The maximum atomic E-state index is 15.7. The second-order valence-electron chi connectivity index (χ2n) is 21.6. The Balaban J connectivity index is 1.16. The largest absolute Gasteiger partial charge is 0.308 e. The molecule has 0 saturated heterocycles. The van der Waals surface area contributed by atoms with Crippen LogP contribution in [-0.2, 0) is 6.42 Å². The third-order valence-corrected chi connectivity index (χ3v) is 19.9. The fourth-order valence-corrected chi connectivity index (χ4v) is 16.7. The average Bonchev–Trinajstić information content (AvgIpc) is 4.19. The van der Waals surface area contributed by atoms with Gasteiger partial charge < -0.3 is 4.57 Å². The topological polar surface area (TPSA) is 4.93 Å². The number of rotatable bonds is 6. The predicted molar refractivity (Wildman–Crippen MR) is 311 cm³/mol. The lowest BCUT2D eigenvalue weighted by Gasteiger charge is -2.38. The van der Waals surface area contributed by atoms with E-state index >= 15 is 8.78 Å². The molecular weight excluding hydrogens is 945 g/mol. The Labute approximate surface area is 438 Å². The molecule has 0 radical (unpaired) electrons. The van der Waals surface area contributed by atoms with Crippen molar-refractivity contribution >= 4 is 84.8 Å². The normalized spacial score (nSPS) is 16.7. The van der Waals surface area contributed by atoms with E-state index in [0.717, 1.165) is 49.7 Å². The van der Waals surface area contributed by atoms with Crippen LogP contribution in [-0.4, -0.2) is 4.57 Å². The molecule has 0 spiro atoms. The molecule has 3 aromatic heterocycles. The van der Waals surface area contributed by atoms with Crippen molar-refractivity contribution in [1.82, 2.24) is 4.57 Å². The van der Waals surface area contributed by atoms with Crippen LogP contribution < -0.4 is 0 Å². The zero-order valence-electron chi connectivity index (χ0n) is 41.4. The highest BCUT2D eigenvalue weighted by Crippen LogP contribution is 2.59. The van der Waals surface area contributed by atoms with Crippen LogP contribution in [0.4, 0.5) is 8.78 Å². The van der Waals surface area contributed by atoms with E-state index in [1.54, 1.807) is 24.3 Å². The van der Waals surface area contributed by atoms with Crippen LogP contribution >= 0.6 is 22.7 Å². The van der Waals surface area contributed by atoms with Gasteiger partial charge in [-0.15, -0.1) is 22.7 Å². The fraction of sp³-hybridized carbons (Fsp3) is 0.217. The van der Waals surface area contributed by atoms with E-state index in [1.165, 1.54) is 156 Å². The lowest BCUT2D eigenvalue weighted by atomic mass is 9.68. The van der Waals surface area contributed by atoms with Gasteiger partial charge in [-0.1, -0.05) is 154 Å². The molecule has 3 heterocycles. The standard InChI is InChI=1S/C69H55F2NS2/c70-45-31-27-43(28-32-45)61-63(41-15-3-1-4-16-41)69(72-56-24-12-9-21-50(56)53-38-40-60-66(68(53)72)55-23-11-14-26-58(55)74-60)64(42-17-5-2-6-18-42)62(44-29-33-46(71)34-30-44)67(61)52-36-35-51-49(47-19-7-8-20-48(47)52)37-39-59-65(51)54-22-10-13-25-57(54)73-59/h7-14,19-34,37-42,52H,1-6,15-18,35-36H2. The summed E-state index contributed by atoms with van der Waals surface area (Å²) in [6.07, 6.45) is 13.3. The summed E-state index contributed by atoms with van der Waals surface area (Å²) in [5.41, 5.74) is 17.9. The first-order valence-corrected chi connectivity index (χ1v) is 28.8. The minimum absolute atomic E-state index is 0.0388. The van der Waals surface area contributed by atoms with Gasteiger partial charge in [0, 0.05) is 57.0 Å². The van der Waals surface area contributed by atoms with E-state index in [2.05, 4.69) is 150 Å². The number of benzene rings is 9. The molecular formula is C69H55F2NS2. The van der Waals surface area contributed by atoms with Crippen LogP contribution in [0.25, 0.3) is 101 Å². The first-order valence-electron chi connectivity index (χ1n) is 27.2.